The van der Waals surface area contributed by atoms with Gasteiger partial charge in [0.15, 0.2) is 9.84 Å². The third-order valence-electron chi connectivity index (χ3n) is 1.78. The highest BCUT2D eigenvalue weighted by atomic mass is 32.2. The van der Waals surface area contributed by atoms with Crippen LogP contribution in [-0.2, 0) is 9.84 Å². The van der Waals surface area contributed by atoms with Gasteiger partial charge in [0.1, 0.15) is 0 Å². The van der Waals surface area contributed by atoms with E-state index < -0.39 is 9.84 Å². The van der Waals surface area contributed by atoms with Gasteiger partial charge in [0.25, 0.3) is 0 Å². The molecule has 4 heteroatoms. The molecule has 3 nitrogen and oxygen atoms in total. The van der Waals surface area contributed by atoms with Gasteiger partial charge in [-0.05, 0) is 18.1 Å². The van der Waals surface area contributed by atoms with Gasteiger partial charge in [-0.2, -0.15) is 0 Å². The van der Waals surface area contributed by atoms with Crippen LogP contribution in [-0.4, -0.2) is 19.7 Å². The van der Waals surface area contributed by atoms with Crippen LogP contribution in [0.5, 0.6) is 0 Å². The lowest BCUT2D eigenvalue weighted by Crippen LogP contribution is -1.99. The molecule has 0 unspecified atom stereocenters. The first-order chi connectivity index (χ1) is 6.91. The van der Waals surface area contributed by atoms with E-state index in [4.69, 9.17) is 0 Å². The summed E-state index contributed by atoms with van der Waals surface area (Å²) in [6.07, 6.45) is 2.59. The molecule has 0 saturated carbocycles. The lowest BCUT2D eigenvalue weighted by molar-refractivity contribution is 0.601. The molecule has 15 heavy (non-hydrogen) atoms. The molecule has 1 aromatic heterocycles. The van der Waals surface area contributed by atoms with E-state index in [0.717, 1.165) is 5.69 Å². The molecule has 0 aliphatic carbocycles. The first-order valence-corrected chi connectivity index (χ1v) is 6.96. The van der Waals surface area contributed by atoms with Crippen LogP contribution in [0.15, 0.2) is 23.2 Å². The van der Waals surface area contributed by atoms with Crippen molar-refractivity contribution in [3.8, 4) is 0 Å². The van der Waals surface area contributed by atoms with Crippen molar-refractivity contribution in [1.82, 2.24) is 4.98 Å². The highest BCUT2D eigenvalue weighted by Crippen LogP contribution is 2.13. The van der Waals surface area contributed by atoms with E-state index in [1.165, 1.54) is 12.5 Å². The number of sulfone groups is 1. The second-order valence-corrected chi connectivity index (χ2v) is 5.36. The van der Waals surface area contributed by atoms with Crippen molar-refractivity contribution in [1.29, 1.82) is 0 Å². The zero-order chi connectivity index (χ0) is 12.1. The highest BCUT2D eigenvalue weighted by molar-refractivity contribution is 7.90. The van der Waals surface area contributed by atoms with Crippen LogP contribution in [0, 0.1) is 0 Å². The number of hydrogen-bond donors (Lipinski definition) is 0. The van der Waals surface area contributed by atoms with Gasteiger partial charge < -0.3 is 0 Å². The smallest absolute Gasteiger partial charge is 0.177 e. The highest BCUT2D eigenvalue weighted by Gasteiger charge is 2.07. The molecule has 1 rings (SSSR count). The third kappa shape index (κ3) is 4.42. The average Bonchev–Trinajstić information content (AvgIpc) is 2.20. The molecule has 0 fully saturated rings. The predicted molar refractivity (Wildman–Crippen MR) is 62.8 cm³/mol. The lowest BCUT2D eigenvalue weighted by atomic mass is 10.1. The van der Waals surface area contributed by atoms with Crippen LogP contribution in [0.25, 0.3) is 0 Å². The molecule has 0 aliphatic heterocycles. The second-order valence-electron chi connectivity index (χ2n) is 3.35. The number of nitrogens with zero attached hydrogens (tertiary/aromatic N) is 1. The van der Waals surface area contributed by atoms with Crippen LogP contribution < -0.4 is 0 Å². The molecular formula is C11H19NO2S. The molecule has 1 heterocycles. The summed E-state index contributed by atoms with van der Waals surface area (Å²) < 4.78 is 22.1. The number of aromatic nitrogens is 1. The Morgan fingerprint density at radius 1 is 1.20 bits per heavy atom. The minimum absolute atomic E-state index is 0.275. The Morgan fingerprint density at radius 2 is 1.73 bits per heavy atom. The van der Waals surface area contributed by atoms with E-state index in [0.29, 0.717) is 5.92 Å². The van der Waals surface area contributed by atoms with Crippen LogP contribution in [0.4, 0.5) is 0 Å². The standard InChI is InChI=1S/C9H13NO2S.C2H6/c1-7(2)9-5-4-8(6-10-9)13(3,11)12;1-2/h4-7H,1-3H3;1-2H3. The first kappa shape index (κ1) is 14.1. The Hall–Kier alpha value is -0.900. The summed E-state index contributed by atoms with van der Waals surface area (Å²) in [5, 5.41) is 0. The summed E-state index contributed by atoms with van der Waals surface area (Å²) in [5.41, 5.74) is 0.910. The van der Waals surface area contributed by atoms with Gasteiger partial charge in [-0.15, -0.1) is 0 Å². The molecule has 0 aromatic carbocycles. The zero-order valence-electron chi connectivity index (χ0n) is 9.98. The Bertz CT molecular complexity index is 380. The molecule has 1 aromatic rings. The molecule has 0 saturated heterocycles. The minimum atomic E-state index is -3.11. The molecule has 0 N–H and O–H groups in total. The van der Waals surface area contributed by atoms with Gasteiger partial charge in [0, 0.05) is 18.1 Å². The van der Waals surface area contributed by atoms with Gasteiger partial charge in [-0.3, -0.25) is 4.98 Å². The first-order valence-electron chi connectivity index (χ1n) is 5.07. The molecule has 0 spiro atoms. The van der Waals surface area contributed by atoms with Crippen molar-refractivity contribution < 1.29 is 8.42 Å². The number of hydrogen-bond acceptors (Lipinski definition) is 3. The summed E-state index contributed by atoms with van der Waals surface area (Å²) in [4.78, 5) is 4.34. The van der Waals surface area contributed by atoms with E-state index in [9.17, 15) is 8.42 Å². The molecule has 0 radical (unpaired) electrons. The molecular weight excluding hydrogens is 210 g/mol. The predicted octanol–water partition coefficient (Wildman–Crippen LogP) is 2.63. The van der Waals surface area contributed by atoms with E-state index >= 15 is 0 Å². The van der Waals surface area contributed by atoms with Crippen LogP contribution >= 0.6 is 0 Å². The molecule has 0 amide bonds. The molecule has 0 aliphatic rings. The maximum Gasteiger partial charge on any atom is 0.177 e. The van der Waals surface area contributed by atoms with Crippen LogP contribution in [0.3, 0.4) is 0 Å². The fourth-order valence-corrected chi connectivity index (χ4v) is 1.51. The maximum absolute atomic E-state index is 11.1. The number of rotatable bonds is 2. The maximum atomic E-state index is 11.1. The quantitative estimate of drug-likeness (QED) is 0.783. The Labute approximate surface area is 92.5 Å². The van der Waals surface area contributed by atoms with E-state index in [1.54, 1.807) is 12.1 Å². The fraction of sp³-hybridized carbons (Fsp3) is 0.545. The van der Waals surface area contributed by atoms with Crippen LogP contribution in [0.1, 0.15) is 39.3 Å². The van der Waals surface area contributed by atoms with Gasteiger partial charge in [0.05, 0.1) is 4.90 Å². The van der Waals surface area contributed by atoms with Crippen molar-refractivity contribution >= 4 is 9.84 Å². The van der Waals surface area contributed by atoms with E-state index in [-0.39, 0.29) is 4.90 Å². The van der Waals surface area contributed by atoms with Gasteiger partial charge in [-0.1, -0.05) is 27.7 Å². The average molecular weight is 229 g/mol. The Kier molecular flexibility index (Phi) is 5.50. The fourth-order valence-electron chi connectivity index (χ4n) is 0.953. The monoisotopic (exact) mass is 229 g/mol. The van der Waals surface area contributed by atoms with Gasteiger partial charge in [0.2, 0.25) is 0 Å². The summed E-state index contributed by atoms with van der Waals surface area (Å²) >= 11 is 0. The Morgan fingerprint density at radius 3 is 2.00 bits per heavy atom. The third-order valence-corrected chi connectivity index (χ3v) is 2.88. The molecule has 0 bridgehead atoms. The van der Waals surface area contributed by atoms with Crippen molar-refractivity contribution in [3.63, 3.8) is 0 Å². The topological polar surface area (TPSA) is 47.0 Å². The normalized spacial score (nSPS) is 10.8. The summed E-state index contributed by atoms with van der Waals surface area (Å²) in [6.45, 7) is 8.03. The largest absolute Gasteiger partial charge is 0.260 e. The van der Waals surface area contributed by atoms with E-state index in [1.807, 2.05) is 27.7 Å². The summed E-state index contributed by atoms with van der Waals surface area (Å²) in [7, 11) is -3.11. The van der Waals surface area contributed by atoms with Gasteiger partial charge in [-0.25, -0.2) is 8.42 Å². The molecule has 0 atom stereocenters. The van der Waals surface area contributed by atoms with Gasteiger partial charge >= 0.3 is 0 Å². The lowest BCUT2D eigenvalue weighted by Gasteiger charge is -2.04. The van der Waals surface area contributed by atoms with Crippen molar-refractivity contribution in [3.05, 3.63) is 24.0 Å². The number of pyridine rings is 1. The Balaban J connectivity index is 0.000000921. The second kappa shape index (κ2) is 5.85. The summed E-state index contributed by atoms with van der Waals surface area (Å²) in [5.74, 6) is 0.327. The van der Waals surface area contributed by atoms with Crippen LogP contribution in [0.2, 0.25) is 0 Å². The zero-order valence-corrected chi connectivity index (χ0v) is 10.8. The summed E-state index contributed by atoms with van der Waals surface area (Å²) in [6, 6.07) is 3.35. The van der Waals surface area contributed by atoms with Crippen molar-refractivity contribution in [2.45, 2.75) is 38.5 Å². The van der Waals surface area contributed by atoms with Crippen molar-refractivity contribution in [2.75, 3.05) is 6.26 Å². The van der Waals surface area contributed by atoms with E-state index in [2.05, 4.69) is 4.98 Å². The minimum Gasteiger partial charge on any atom is -0.260 e. The SMILES string of the molecule is CC.CC(C)c1ccc(S(C)(=O)=O)cn1. The van der Waals surface area contributed by atoms with Crippen molar-refractivity contribution in [2.24, 2.45) is 0 Å². The molecule has 86 valence electrons.